The van der Waals surface area contributed by atoms with E-state index in [0.717, 1.165) is 20.4 Å². The van der Waals surface area contributed by atoms with E-state index >= 15 is 0 Å². The molecule has 0 saturated carbocycles. The molecule has 5 heteroatoms. The summed E-state index contributed by atoms with van der Waals surface area (Å²) in [6.07, 6.45) is -0.834. The van der Waals surface area contributed by atoms with Crippen LogP contribution in [0.1, 0.15) is 32.4 Å². The molecule has 0 aromatic heterocycles. The third kappa shape index (κ3) is 4.43. The second-order valence-corrected chi connectivity index (χ2v) is 13.4. The molecule has 3 aromatic carbocycles. The first-order valence-corrected chi connectivity index (χ1v) is 12.6. The van der Waals surface area contributed by atoms with Crippen LogP contribution >= 0.6 is 15.9 Å². The van der Waals surface area contributed by atoms with Crippen LogP contribution in [0.5, 0.6) is 0 Å². The molecular weight excluding hydrogens is 456 g/mol. The van der Waals surface area contributed by atoms with Crippen LogP contribution in [0, 0.1) is 0 Å². The molecule has 0 bridgehead atoms. The van der Waals surface area contributed by atoms with Crippen molar-refractivity contribution in [2.24, 2.45) is 0 Å². The van der Waals surface area contributed by atoms with Gasteiger partial charge in [0.1, 0.15) is 0 Å². The van der Waals surface area contributed by atoms with Crippen molar-refractivity contribution in [2.75, 3.05) is 7.11 Å². The van der Waals surface area contributed by atoms with Crippen molar-refractivity contribution in [3.05, 3.63) is 95.0 Å². The molecule has 30 heavy (non-hydrogen) atoms. The predicted octanol–water partition coefficient (Wildman–Crippen LogP) is 5.24. The summed E-state index contributed by atoms with van der Waals surface area (Å²) in [5, 5.41) is 1.99. The van der Waals surface area contributed by atoms with E-state index in [1.165, 1.54) is 7.11 Å². The zero-order chi connectivity index (χ0) is 21.8. The third-order valence-electron chi connectivity index (χ3n) is 5.28. The number of rotatable bonds is 6. The lowest BCUT2D eigenvalue weighted by Crippen LogP contribution is -2.67. The Labute approximate surface area is 188 Å². The van der Waals surface area contributed by atoms with Crippen LogP contribution in [0.3, 0.4) is 0 Å². The van der Waals surface area contributed by atoms with E-state index in [1.54, 1.807) is 0 Å². The van der Waals surface area contributed by atoms with Crippen molar-refractivity contribution in [3.8, 4) is 0 Å². The molecule has 0 aliphatic carbocycles. The Kier molecular flexibility index (Phi) is 6.96. The lowest BCUT2D eigenvalue weighted by molar-refractivity contribution is -0.149. The molecule has 0 N–H and O–H groups in total. The first kappa shape index (κ1) is 22.5. The van der Waals surface area contributed by atoms with Gasteiger partial charge in [0.15, 0.2) is 6.10 Å². The summed E-state index contributed by atoms with van der Waals surface area (Å²) in [5.74, 6) is -0.402. The van der Waals surface area contributed by atoms with Crippen molar-refractivity contribution >= 4 is 40.6 Å². The van der Waals surface area contributed by atoms with Crippen molar-refractivity contribution < 1.29 is 14.0 Å². The lowest BCUT2D eigenvalue weighted by atomic mass is 10.1. The second-order valence-electron chi connectivity index (χ2n) is 8.24. The maximum Gasteiger partial charge on any atom is 0.338 e. The van der Waals surface area contributed by atoms with Crippen LogP contribution in [0.25, 0.3) is 0 Å². The summed E-state index contributed by atoms with van der Waals surface area (Å²) in [7, 11) is -1.50. The number of hydrogen-bond acceptors (Lipinski definition) is 3. The predicted molar refractivity (Wildman–Crippen MR) is 128 cm³/mol. The lowest BCUT2D eigenvalue weighted by Gasteiger charge is -2.44. The summed E-state index contributed by atoms with van der Waals surface area (Å²) < 4.78 is 13.1. The fourth-order valence-electron chi connectivity index (χ4n) is 3.90. The van der Waals surface area contributed by atoms with Crippen LogP contribution in [0.4, 0.5) is 0 Å². The van der Waals surface area contributed by atoms with Gasteiger partial charge in [-0.2, -0.15) is 0 Å². The summed E-state index contributed by atoms with van der Waals surface area (Å²) in [6.45, 7) is 6.57. The highest BCUT2D eigenvalue weighted by atomic mass is 79.9. The number of hydrogen-bond donors (Lipinski definition) is 0. The monoisotopic (exact) mass is 482 g/mol. The Balaban J connectivity index is 2.27. The van der Waals surface area contributed by atoms with Gasteiger partial charge in [0.2, 0.25) is 0 Å². The summed E-state index contributed by atoms with van der Waals surface area (Å²) in [6, 6.07) is 28.2. The number of carbonyl (C=O) groups excluding carboxylic acids is 1. The fourth-order valence-corrected chi connectivity index (χ4v) is 8.91. The molecule has 0 heterocycles. The summed E-state index contributed by atoms with van der Waals surface area (Å²) in [4.78, 5) is 13.0. The Morgan fingerprint density at radius 1 is 0.867 bits per heavy atom. The minimum Gasteiger partial charge on any atom is -0.467 e. The Bertz CT molecular complexity index is 945. The van der Waals surface area contributed by atoms with Crippen LogP contribution in [-0.4, -0.2) is 21.4 Å². The van der Waals surface area contributed by atoms with Gasteiger partial charge in [0.25, 0.3) is 8.32 Å². The SMILES string of the molecule is COC(=O)C(O[Si](c1ccccc1)(c1ccccc1)C(C)(C)C)c1cccc(Br)c1. The molecule has 1 unspecified atom stereocenters. The van der Waals surface area contributed by atoms with Gasteiger partial charge in [-0.15, -0.1) is 0 Å². The number of carbonyl (C=O) groups is 1. The average Bonchev–Trinajstić information content (AvgIpc) is 2.74. The third-order valence-corrected chi connectivity index (χ3v) is 10.8. The number of halogens is 1. The van der Waals surface area contributed by atoms with Crippen LogP contribution < -0.4 is 10.4 Å². The van der Waals surface area contributed by atoms with E-state index in [9.17, 15) is 4.79 Å². The minimum atomic E-state index is -2.91. The van der Waals surface area contributed by atoms with Gasteiger partial charge in [0, 0.05) is 4.47 Å². The normalized spacial score (nSPS) is 13.0. The van der Waals surface area contributed by atoms with E-state index in [0.29, 0.717) is 0 Å². The highest BCUT2D eigenvalue weighted by Gasteiger charge is 2.52. The second kappa shape index (κ2) is 9.29. The highest BCUT2D eigenvalue weighted by Crippen LogP contribution is 2.40. The van der Waals surface area contributed by atoms with E-state index < -0.39 is 20.4 Å². The summed E-state index contributed by atoms with van der Waals surface area (Å²) >= 11 is 3.51. The van der Waals surface area contributed by atoms with Gasteiger partial charge in [-0.3, -0.25) is 0 Å². The largest absolute Gasteiger partial charge is 0.467 e. The molecule has 0 amide bonds. The van der Waals surface area contributed by atoms with Gasteiger partial charge < -0.3 is 9.16 Å². The quantitative estimate of drug-likeness (QED) is 0.355. The van der Waals surface area contributed by atoms with Crippen LogP contribution in [-0.2, 0) is 14.0 Å². The number of esters is 1. The standard InChI is InChI=1S/C25H27BrO3Si/c1-25(2,3)30(21-14-7-5-8-15-21,22-16-9-6-10-17-22)29-23(24(27)28-4)19-12-11-13-20(26)18-19/h5-18,23H,1-4H3. The van der Waals surface area contributed by atoms with E-state index in [2.05, 4.69) is 61.0 Å². The number of methoxy groups -OCH3 is 1. The molecule has 3 rings (SSSR count). The van der Waals surface area contributed by atoms with Gasteiger partial charge in [-0.1, -0.05) is 109 Å². The van der Waals surface area contributed by atoms with Gasteiger partial charge in [0.05, 0.1) is 7.11 Å². The molecule has 0 aliphatic rings. The molecule has 3 aromatic rings. The molecule has 0 aliphatic heterocycles. The van der Waals surface area contributed by atoms with Crippen molar-refractivity contribution in [1.29, 1.82) is 0 Å². The smallest absolute Gasteiger partial charge is 0.338 e. The Morgan fingerprint density at radius 2 is 1.40 bits per heavy atom. The fraction of sp³-hybridized carbons (Fsp3) is 0.240. The Hall–Kier alpha value is -2.21. The summed E-state index contributed by atoms with van der Waals surface area (Å²) in [5.41, 5.74) is 0.768. The first-order valence-electron chi connectivity index (χ1n) is 9.92. The molecule has 1 atom stereocenters. The van der Waals surface area contributed by atoms with Crippen molar-refractivity contribution in [1.82, 2.24) is 0 Å². The van der Waals surface area contributed by atoms with Gasteiger partial charge >= 0.3 is 5.97 Å². The first-order chi connectivity index (χ1) is 14.3. The van der Waals surface area contributed by atoms with E-state index in [4.69, 9.17) is 9.16 Å². The minimum absolute atomic E-state index is 0.242. The maximum absolute atomic E-state index is 13.0. The molecular formula is C25H27BrO3Si. The zero-order valence-corrected chi connectivity index (χ0v) is 20.3. The molecule has 156 valence electrons. The number of benzene rings is 3. The Morgan fingerprint density at radius 3 is 1.83 bits per heavy atom. The topological polar surface area (TPSA) is 35.5 Å². The average molecular weight is 483 g/mol. The molecule has 3 nitrogen and oxygen atoms in total. The van der Waals surface area contributed by atoms with Crippen molar-refractivity contribution in [3.63, 3.8) is 0 Å². The van der Waals surface area contributed by atoms with Gasteiger partial charge in [-0.25, -0.2) is 4.79 Å². The van der Waals surface area contributed by atoms with Crippen LogP contribution in [0.2, 0.25) is 5.04 Å². The maximum atomic E-state index is 13.0. The zero-order valence-electron chi connectivity index (χ0n) is 17.8. The van der Waals surface area contributed by atoms with E-state index in [-0.39, 0.29) is 5.04 Å². The highest BCUT2D eigenvalue weighted by molar-refractivity contribution is 9.10. The number of ether oxygens (including phenoxy) is 1. The van der Waals surface area contributed by atoms with E-state index in [1.807, 2.05) is 60.7 Å². The van der Waals surface area contributed by atoms with Crippen LogP contribution in [0.15, 0.2) is 89.4 Å². The van der Waals surface area contributed by atoms with Crippen molar-refractivity contribution in [2.45, 2.75) is 31.9 Å². The molecule has 0 spiro atoms. The van der Waals surface area contributed by atoms with Gasteiger partial charge in [-0.05, 0) is 33.1 Å². The molecule has 0 saturated heterocycles. The molecule has 0 fully saturated rings. The molecule has 0 radical (unpaired) electrons.